The predicted octanol–water partition coefficient (Wildman–Crippen LogP) is 5.22. The Kier molecular flexibility index (Phi) is 5.44. The molecule has 0 saturated carbocycles. The van der Waals surface area contributed by atoms with Crippen LogP contribution < -0.4 is 5.32 Å². The Morgan fingerprint density at radius 1 is 1.12 bits per heavy atom. The van der Waals surface area contributed by atoms with Crippen LogP contribution in [0.2, 0.25) is 0 Å². The van der Waals surface area contributed by atoms with Gasteiger partial charge in [-0.1, -0.05) is 85.8 Å². The Bertz CT molecular complexity index is 1260. The van der Waals surface area contributed by atoms with E-state index >= 15 is 0 Å². The van der Waals surface area contributed by atoms with E-state index < -0.39 is 0 Å². The number of allylic oxidation sites excluding steroid dienone is 2. The highest BCUT2D eigenvalue weighted by Gasteiger charge is 2.41. The number of nitrogens with zero attached hydrogens (tertiary/aromatic N) is 3. The van der Waals surface area contributed by atoms with E-state index in [-0.39, 0.29) is 28.8 Å². The topological polar surface area (TPSA) is 76.9 Å². The summed E-state index contributed by atoms with van der Waals surface area (Å²) in [5.41, 5.74) is 4.43. The number of hydrogen-bond donors (Lipinski definition) is 1. The SMILES string of the molecule is Cc1ccc([C@H]2C3=C(CC(C)(C)CC3=O)Nc3nc(SCC(=O)c4ccccc4)nn32)cc1. The van der Waals surface area contributed by atoms with Crippen molar-refractivity contribution in [3.05, 3.63) is 82.6 Å². The first-order valence-electron chi connectivity index (χ1n) is 11.1. The van der Waals surface area contributed by atoms with E-state index in [0.717, 1.165) is 28.8 Å². The van der Waals surface area contributed by atoms with Gasteiger partial charge in [-0.2, -0.15) is 4.98 Å². The van der Waals surface area contributed by atoms with E-state index in [9.17, 15) is 9.59 Å². The molecule has 0 bridgehead atoms. The van der Waals surface area contributed by atoms with Crippen molar-refractivity contribution in [1.82, 2.24) is 14.8 Å². The Hall–Kier alpha value is -3.19. The summed E-state index contributed by atoms with van der Waals surface area (Å²) in [6.45, 7) is 6.28. The van der Waals surface area contributed by atoms with Gasteiger partial charge in [0, 0.05) is 23.3 Å². The van der Waals surface area contributed by atoms with Gasteiger partial charge in [-0.25, -0.2) is 4.68 Å². The zero-order valence-electron chi connectivity index (χ0n) is 19.0. The zero-order chi connectivity index (χ0) is 23.2. The van der Waals surface area contributed by atoms with Crippen LogP contribution in [0, 0.1) is 12.3 Å². The number of carbonyl (C=O) groups excluding carboxylic acids is 2. The zero-order valence-corrected chi connectivity index (χ0v) is 19.8. The number of benzene rings is 2. The van der Waals surface area contributed by atoms with Crippen molar-refractivity contribution in [3.8, 4) is 0 Å². The molecule has 1 atom stereocenters. The minimum Gasteiger partial charge on any atom is -0.328 e. The number of carbonyl (C=O) groups is 2. The third-order valence-corrected chi connectivity index (χ3v) is 6.97. The summed E-state index contributed by atoms with van der Waals surface area (Å²) < 4.78 is 1.80. The molecular weight excluding hydrogens is 432 g/mol. The van der Waals surface area contributed by atoms with Gasteiger partial charge in [0.1, 0.15) is 6.04 Å². The van der Waals surface area contributed by atoms with Crippen LogP contribution in [-0.4, -0.2) is 32.1 Å². The van der Waals surface area contributed by atoms with Gasteiger partial charge in [-0.15, -0.1) is 5.10 Å². The first kappa shape index (κ1) is 21.6. The lowest BCUT2D eigenvalue weighted by Gasteiger charge is -2.38. The summed E-state index contributed by atoms with van der Waals surface area (Å²) in [5, 5.41) is 8.63. The summed E-state index contributed by atoms with van der Waals surface area (Å²) in [4.78, 5) is 30.5. The van der Waals surface area contributed by atoms with Gasteiger partial charge in [-0.3, -0.25) is 9.59 Å². The fourth-order valence-electron chi connectivity index (χ4n) is 4.54. The molecule has 6 nitrogen and oxygen atoms in total. The maximum Gasteiger partial charge on any atom is 0.227 e. The number of ketones is 2. The van der Waals surface area contributed by atoms with Crippen molar-refractivity contribution in [2.75, 3.05) is 11.1 Å². The number of fused-ring (bicyclic) bond motifs is 1. The molecule has 3 aromatic rings. The molecule has 2 aromatic carbocycles. The van der Waals surface area contributed by atoms with Gasteiger partial charge < -0.3 is 5.32 Å². The Labute approximate surface area is 197 Å². The standard InChI is InChI=1S/C26H26N4O2S/c1-16-9-11-18(12-10-16)23-22-19(13-26(2,3)14-20(22)31)27-24-28-25(29-30(23)24)33-15-21(32)17-7-5-4-6-8-17/h4-12,23H,13-15H2,1-3H3,(H,27,28,29)/t23-/m0/s1. The summed E-state index contributed by atoms with van der Waals surface area (Å²) in [6, 6.07) is 17.1. The van der Waals surface area contributed by atoms with Gasteiger partial charge in [0.2, 0.25) is 11.1 Å². The molecule has 5 rings (SSSR count). The highest BCUT2D eigenvalue weighted by Crippen LogP contribution is 2.45. The molecule has 1 N–H and O–H groups in total. The normalized spacial score (nSPS) is 19.0. The number of thioether (sulfide) groups is 1. The molecule has 0 unspecified atom stereocenters. The van der Waals surface area contributed by atoms with Crippen LogP contribution in [0.4, 0.5) is 5.95 Å². The molecule has 0 amide bonds. The lowest BCUT2D eigenvalue weighted by Crippen LogP contribution is -2.36. The first-order valence-corrected chi connectivity index (χ1v) is 12.1. The Balaban J connectivity index is 1.49. The van der Waals surface area contributed by atoms with Crippen LogP contribution in [0.3, 0.4) is 0 Å². The average molecular weight is 459 g/mol. The van der Waals surface area contributed by atoms with Crippen LogP contribution in [0.1, 0.15) is 54.2 Å². The van der Waals surface area contributed by atoms with Gasteiger partial charge in [-0.05, 0) is 24.3 Å². The van der Waals surface area contributed by atoms with Crippen molar-refractivity contribution in [2.24, 2.45) is 5.41 Å². The molecule has 168 valence electrons. The number of anilines is 1. The first-order chi connectivity index (χ1) is 15.8. The lowest BCUT2D eigenvalue weighted by atomic mass is 9.73. The molecule has 1 aliphatic carbocycles. The monoisotopic (exact) mass is 458 g/mol. The predicted molar refractivity (Wildman–Crippen MR) is 130 cm³/mol. The average Bonchev–Trinajstić information content (AvgIpc) is 3.19. The minimum absolute atomic E-state index is 0.0331. The molecule has 0 spiro atoms. The second kappa shape index (κ2) is 8.30. The summed E-state index contributed by atoms with van der Waals surface area (Å²) in [5.74, 6) is 1.04. The maximum absolute atomic E-state index is 13.3. The van der Waals surface area contributed by atoms with Crippen LogP contribution >= 0.6 is 11.8 Å². The second-order valence-corrected chi connectivity index (χ2v) is 10.5. The molecule has 0 saturated heterocycles. The summed E-state index contributed by atoms with van der Waals surface area (Å²) in [7, 11) is 0. The fraction of sp³-hybridized carbons (Fsp3) is 0.308. The Morgan fingerprint density at radius 3 is 2.58 bits per heavy atom. The lowest BCUT2D eigenvalue weighted by molar-refractivity contribution is -0.118. The highest BCUT2D eigenvalue weighted by atomic mass is 32.2. The van der Waals surface area contributed by atoms with Gasteiger partial charge in [0.15, 0.2) is 11.6 Å². The summed E-state index contributed by atoms with van der Waals surface area (Å²) >= 11 is 1.31. The quantitative estimate of drug-likeness (QED) is 0.417. The molecule has 0 fully saturated rings. The van der Waals surface area contributed by atoms with E-state index in [1.165, 1.54) is 11.8 Å². The van der Waals surface area contributed by atoms with Crippen molar-refractivity contribution >= 4 is 29.3 Å². The van der Waals surface area contributed by atoms with Gasteiger partial charge >= 0.3 is 0 Å². The number of rotatable bonds is 5. The van der Waals surface area contributed by atoms with Crippen LogP contribution in [0.5, 0.6) is 0 Å². The van der Waals surface area contributed by atoms with Crippen LogP contribution in [0.25, 0.3) is 0 Å². The molecule has 33 heavy (non-hydrogen) atoms. The van der Waals surface area contributed by atoms with Crippen molar-refractivity contribution < 1.29 is 9.59 Å². The molecule has 2 heterocycles. The molecule has 1 aliphatic heterocycles. The van der Waals surface area contributed by atoms with E-state index in [4.69, 9.17) is 5.10 Å². The Morgan fingerprint density at radius 2 is 1.85 bits per heavy atom. The third kappa shape index (κ3) is 4.25. The van der Waals surface area contributed by atoms with Gasteiger partial charge in [0.05, 0.1) is 5.75 Å². The van der Waals surface area contributed by atoms with E-state index in [1.807, 2.05) is 37.3 Å². The second-order valence-electron chi connectivity index (χ2n) is 9.51. The van der Waals surface area contributed by atoms with Crippen LogP contribution in [0.15, 0.2) is 71.0 Å². The van der Waals surface area contributed by atoms with E-state index in [0.29, 0.717) is 23.1 Å². The molecule has 0 radical (unpaired) electrons. The molecular formula is C26H26N4O2S. The van der Waals surface area contributed by atoms with E-state index in [1.54, 1.807) is 4.68 Å². The van der Waals surface area contributed by atoms with E-state index in [2.05, 4.69) is 48.4 Å². The number of aromatic nitrogens is 3. The fourth-order valence-corrected chi connectivity index (χ4v) is 5.27. The largest absolute Gasteiger partial charge is 0.328 e. The highest BCUT2D eigenvalue weighted by molar-refractivity contribution is 7.99. The number of hydrogen-bond acceptors (Lipinski definition) is 6. The maximum atomic E-state index is 13.3. The van der Waals surface area contributed by atoms with Gasteiger partial charge in [0.25, 0.3) is 0 Å². The van der Waals surface area contributed by atoms with Crippen LogP contribution in [-0.2, 0) is 4.79 Å². The molecule has 2 aliphatic rings. The number of Topliss-reactive ketones (excluding diaryl/α,β-unsaturated/α-hetero) is 2. The van der Waals surface area contributed by atoms with Crippen molar-refractivity contribution in [1.29, 1.82) is 0 Å². The number of aryl methyl sites for hydroxylation is 1. The number of nitrogens with one attached hydrogen (secondary N) is 1. The minimum atomic E-state index is -0.327. The smallest absolute Gasteiger partial charge is 0.227 e. The van der Waals surface area contributed by atoms with Crippen molar-refractivity contribution in [3.63, 3.8) is 0 Å². The molecule has 7 heteroatoms. The third-order valence-electron chi connectivity index (χ3n) is 6.13. The molecule has 1 aromatic heterocycles. The van der Waals surface area contributed by atoms with Crippen molar-refractivity contribution in [2.45, 2.75) is 44.8 Å². The summed E-state index contributed by atoms with van der Waals surface area (Å²) in [6.07, 6.45) is 1.28.